The molecule has 0 spiro atoms. The molecule has 0 aromatic heterocycles. The van der Waals surface area contributed by atoms with Gasteiger partial charge in [0.1, 0.15) is 12.4 Å². The van der Waals surface area contributed by atoms with Crippen LogP contribution in [0.15, 0.2) is 29.2 Å². The standard InChI is InChI=1S/C15H24N2O4S/c1-15(2,3)14(18)16-10-11-21-12-6-8-13(9-7-12)22(19,20)17(4)5/h6-9H,10-11H2,1-5H3,(H,16,18). The summed E-state index contributed by atoms with van der Waals surface area (Å²) in [5.41, 5.74) is -0.428. The average Bonchev–Trinajstić information content (AvgIpc) is 2.42. The molecule has 0 radical (unpaired) electrons. The van der Waals surface area contributed by atoms with E-state index in [-0.39, 0.29) is 10.8 Å². The molecule has 1 aromatic rings. The Balaban J connectivity index is 2.51. The lowest BCUT2D eigenvalue weighted by atomic mass is 9.96. The van der Waals surface area contributed by atoms with E-state index in [0.29, 0.717) is 18.9 Å². The first kappa shape index (κ1) is 18.4. The summed E-state index contributed by atoms with van der Waals surface area (Å²) in [6.07, 6.45) is 0. The first-order chi connectivity index (χ1) is 10.0. The zero-order valence-electron chi connectivity index (χ0n) is 13.7. The molecule has 0 atom stereocenters. The fourth-order valence-electron chi connectivity index (χ4n) is 1.52. The van der Waals surface area contributed by atoms with Gasteiger partial charge in [-0.15, -0.1) is 0 Å². The Bertz CT molecular complexity index is 601. The van der Waals surface area contributed by atoms with Crippen LogP contribution in [0.1, 0.15) is 20.8 Å². The number of hydrogen-bond donors (Lipinski definition) is 1. The molecule has 0 aliphatic carbocycles. The lowest BCUT2D eigenvalue weighted by molar-refractivity contribution is -0.128. The van der Waals surface area contributed by atoms with Crippen molar-refractivity contribution >= 4 is 15.9 Å². The van der Waals surface area contributed by atoms with E-state index in [0.717, 1.165) is 4.31 Å². The predicted octanol–water partition coefficient (Wildman–Crippen LogP) is 1.48. The third-order valence-electron chi connectivity index (χ3n) is 2.94. The molecular formula is C15H24N2O4S. The van der Waals surface area contributed by atoms with E-state index in [1.165, 1.54) is 26.2 Å². The first-order valence-corrected chi connectivity index (χ1v) is 8.43. The zero-order valence-corrected chi connectivity index (χ0v) is 14.5. The van der Waals surface area contributed by atoms with E-state index in [2.05, 4.69) is 5.32 Å². The van der Waals surface area contributed by atoms with Crippen LogP contribution in [0.3, 0.4) is 0 Å². The number of benzene rings is 1. The van der Waals surface area contributed by atoms with E-state index >= 15 is 0 Å². The lowest BCUT2D eigenvalue weighted by Crippen LogP contribution is -2.37. The van der Waals surface area contributed by atoms with Gasteiger partial charge in [-0.2, -0.15) is 0 Å². The smallest absolute Gasteiger partial charge is 0.242 e. The molecule has 0 saturated heterocycles. The highest BCUT2D eigenvalue weighted by molar-refractivity contribution is 7.89. The molecule has 7 heteroatoms. The number of hydrogen-bond acceptors (Lipinski definition) is 4. The van der Waals surface area contributed by atoms with Crippen LogP contribution in [0, 0.1) is 5.41 Å². The summed E-state index contributed by atoms with van der Waals surface area (Å²) in [5.74, 6) is 0.520. The molecule has 6 nitrogen and oxygen atoms in total. The van der Waals surface area contributed by atoms with E-state index in [9.17, 15) is 13.2 Å². The van der Waals surface area contributed by atoms with Crippen molar-refractivity contribution in [1.29, 1.82) is 0 Å². The van der Waals surface area contributed by atoms with Crippen LogP contribution in [0.25, 0.3) is 0 Å². The number of amides is 1. The van der Waals surface area contributed by atoms with Gasteiger partial charge >= 0.3 is 0 Å². The Morgan fingerprint density at radius 2 is 1.73 bits per heavy atom. The van der Waals surface area contributed by atoms with Crippen molar-refractivity contribution in [3.8, 4) is 5.75 Å². The molecule has 0 aliphatic heterocycles. The van der Waals surface area contributed by atoms with Crippen LogP contribution in [0.5, 0.6) is 5.75 Å². The zero-order chi connectivity index (χ0) is 17.0. The number of sulfonamides is 1. The van der Waals surface area contributed by atoms with E-state index in [1.807, 2.05) is 20.8 Å². The van der Waals surface area contributed by atoms with Crippen LogP contribution in [-0.2, 0) is 14.8 Å². The summed E-state index contributed by atoms with van der Waals surface area (Å²) in [6, 6.07) is 6.20. The Morgan fingerprint density at radius 3 is 2.18 bits per heavy atom. The molecule has 0 unspecified atom stereocenters. The topological polar surface area (TPSA) is 75.7 Å². The maximum absolute atomic E-state index is 11.9. The summed E-state index contributed by atoms with van der Waals surface area (Å²) in [5, 5.41) is 2.78. The van der Waals surface area contributed by atoms with Crippen molar-refractivity contribution in [1.82, 2.24) is 9.62 Å². The number of nitrogens with zero attached hydrogens (tertiary/aromatic N) is 1. The number of ether oxygens (including phenoxy) is 1. The molecule has 0 aliphatic rings. The SMILES string of the molecule is CN(C)S(=O)(=O)c1ccc(OCCNC(=O)C(C)(C)C)cc1. The van der Waals surface area contributed by atoms with Crippen molar-refractivity contribution in [2.75, 3.05) is 27.2 Å². The van der Waals surface area contributed by atoms with Gasteiger partial charge in [0.15, 0.2) is 0 Å². The molecule has 1 rings (SSSR count). The average molecular weight is 328 g/mol. The maximum atomic E-state index is 11.9. The quantitative estimate of drug-likeness (QED) is 0.803. The van der Waals surface area contributed by atoms with Crippen LogP contribution >= 0.6 is 0 Å². The number of nitrogens with one attached hydrogen (secondary N) is 1. The molecule has 124 valence electrons. The normalized spacial score (nSPS) is 12.3. The second-order valence-corrected chi connectivity index (χ2v) is 8.27. The van der Waals surface area contributed by atoms with Gasteiger partial charge in [-0.1, -0.05) is 20.8 Å². The Hall–Kier alpha value is -1.60. The highest BCUT2D eigenvalue weighted by Crippen LogP contribution is 2.18. The Kier molecular flexibility index (Phi) is 5.96. The third-order valence-corrected chi connectivity index (χ3v) is 4.77. The van der Waals surface area contributed by atoms with Gasteiger partial charge in [0.25, 0.3) is 0 Å². The minimum absolute atomic E-state index is 0.0384. The second kappa shape index (κ2) is 7.11. The van der Waals surface area contributed by atoms with Crippen LogP contribution in [0.2, 0.25) is 0 Å². The third kappa shape index (κ3) is 4.99. The number of carbonyl (C=O) groups excluding carboxylic acids is 1. The number of rotatable bonds is 6. The minimum atomic E-state index is -3.43. The van der Waals surface area contributed by atoms with E-state index < -0.39 is 15.4 Å². The van der Waals surface area contributed by atoms with E-state index in [4.69, 9.17) is 4.74 Å². The van der Waals surface area contributed by atoms with Crippen LogP contribution in [0.4, 0.5) is 0 Å². The molecule has 1 N–H and O–H groups in total. The molecule has 0 fully saturated rings. The Morgan fingerprint density at radius 1 is 1.18 bits per heavy atom. The van der Waals surface area contributed by atoms with Gasteiger partial charge in [-0.3, -0.25) is 4.79 Å². The molecule has 1 aromatic carbocycles. The van der Waals surface area contributed by atoms with Crippen molar-refractivity contribution in [2.45, 2.75) is 25.7 Å². The maximum Gasteiger partial charge on any atom is 0.242 e. The van der Waals surface area contributed by atoms with Gasteiger partial charge < -0.3 is 10.1 Å². The Labute approximate surface area is 132 Å². The minimum Gasteiger partial charge on any atom is -0.492 e. The highest BCUT2D eigenvalue weighted by atomic mass is 32.2. The molecule has 1 amide bonds. The van der Waals surface area contributed by atoms with Gasteiger partial charge in [-0.25, -0.2) is 12.7 Å². The molecule has 0 heterocycles. The van der Waals surface area contributed by atoms with Crippen LogP contribution < -0.4 is 10.1 Å². The fraction of sp³-hybridized carbons (Fsp3) is 0.533. The second-order valence-electron chi connectivity index (χ2n) is 6.11. The molecule has 0 saturated carbocycles. The molecule has 22 heavy (non-hydrogen) atoms. The summed E-state index contributed by atoms with van der Waals surface area (Å²) in [6.45, 7) is 6.24. The lowest BCUT2D eigenvalue weighted by Gasteiger charge is -2.17. The monoisotopic (exact) mass is 328 g/mol. The van der Waals surface area contributed by atoms with E-state index in [1.54, 1.807) is 12.1 Å². The fourth-order valence-corrected chi connectivity index (χ4v) is 2.42. The summed E-state index contributed by atoms with van der Waals surface area (Å²) in [4.78, 5) is 11.9. The largest absolute Gasteiger partial charge is 0.492 e. The van der Waals surface area contributed by atoms with Crippen molar-refractivity contribution in [3.63, 3.8) is 0 Å². The first-order valence-electron chi connectivity index (χ1n) is 6.99. The predicted molar refractivity (Wildman–Crippen MR) is 85.3 cm³/mol. The van der Waals surface area contributed by atoms with Crippen molar-refractivity contribution in [3.05, 3.63) is 24.3 Å². The van der Waals surface area contributed by atoms with Gasteiger partial charge in [0.05, 0.1) is 11.4 Å². The summed E-state index contributed by atoms with van der Waals surface area (Å²) < 4.78 is 30.5. The van der Waals surface area contributed by atoms with Crippen LogP contribution in [-0.4, -0.2) is 45.9 Å². The highest BCUT2D eigenvalue weighted by Gasteiger charge is 2.20. The summed E-state index contributed by atoms with van der Waals surface area (Å²) >= 11 is 0. The molecular weight excluding hydrogens is 304 g/mol. The van der Waals surface area contributed by atoms with Gasteiger partial charge in [-0.05, 0) is 24.3 Å². The summed E-state index contributed by atoms with van der Waals surface area (Å²) in [7, 11) is -0.458. The van der Waals surface area contributed by atoms with Crippen molar-refractivity contribution < 1.29 is 17.9 Å². The molecule has 0 bridgehead atoms. The number of carbonyl (C=O) groups is 1. The van der Waals surface area contributed by atoms with Gasteiger partial charge in [0, 0.05) is 19.5 Å². The van der Waals surface area contributed by atoms with Gasteiger partial charge in [0.2, 0.25) is 15.9 Å². The van der Waals surface area contributed by atoms with Crippen molar-refractivity contribution in [2.24, 2.45) is 5.41 Å².